The molecule has 0 fully saturated rings. The zero-order valence-corrected chi connectivity index (χ0v) is 30.9. The smallest absolute Gasteiger partial charge is 0.306 e. The number of aliphatic carboxylic acids is 1. The zero-order valence-electron chi connectivity index (χ0n) is 30.9. The maximum Gasteiger partial charge on any atom is 0.306 e. The summed E-state index contributed by atoms with van der Waals surface area (Å²) in [4.78, 5) is 23.3. The summed E-state index contributed by atoms with van der Waals surface area (Å²) in [7, 11) is 0. The molecular weight excluding hydrogens is 568 g/mol. The molecule has 0 aliphatic rings. The third kappa shape index (κ3) is 36.9. The van der Waals surface area contributed by atoms with Crippen molar-refractivity contribution in [2.75, 3.05) is 0 Å². The number of carboxylic acid groups (broad SMARTS) is 1. The maximum absolute atomic E-state index is 12.6. The number of hydrogen-bond donors (Lipinski definition) is 1. The van der Waals surface area contributed by atoms with Crippen LogP contribution in [-0.2, 0) is 14.3 Å². The van der Waals surface area contributed by atoms with E-state index in [4.69, 9.17) is 9.84 Å². The second kappa shape index (κ2) is 37.9. The lowest BCUT2D eigenvalue weighted by molar-refractivity contribution is -0.150. The summed E-state index contributed by atoms with van der Waals surface area (Å²) < 4.78 is 5.98. The van der Waals surface area contributed by atoms with Crippen LogP contribution in [0.5, 0.6) is 0 Å². The van der Waals surface area contributed by atoms with E-state index in [9.17, 15) is 9.59 Å². The van der Waals surface area contributed by atoms with Gasteiger partial charge in [-0.1, -0.05) is 167 Å². The minimum Gasteiger partial charge on any atom is -0.481 e. The van der Waals surface area contributed by atoms with Gasteiger partial charge in [0.25, 0.3) is 0 Å². The van der Waals surface area contributed by atoms with Gasteiger partial charge in [0, 0.05) is 12.8 Å². The number of ether oxygens (including phenoxy) is 1. The van der Waals surface area contributed by atoms with E-state index in [1.165, 1.54) is 128 Å². The molecule has 1 atom stereocenters. The second-order valence-corrected chi connectivity index (χ2v) is 13.8. The van der Waals surface area contributed by atoms with Crippen LogP contribution in [-0.4, -0.2) is 23.1 Å². The van der Waals surface area contributed by atoms with Crippen LogP contribution < -0.4 is 0 Å². The normalized spacial score (nSPS) is 12.4. The average molecular weight is 647 g/mol. The lowest BCUT2D eigenvalue weighted by Gasteiger charge is -2.18. The van der Waals surface area contributed by atoms with Crippen molar-refractivity contribution in [3.8, 4) is 0 Å². The number of allylic oxidation sites excluding steroid dienone is 4. The van der Waals surface area contributed by atoms with Crippen LogP contribution in [0.15, 0.2) is 24.3 Å². The first-order chi connectivity index (χ1) is 22.6. The molecule has 0 rings (SSSR count). The van der Waals surface area contributed by atoms with Crippen molar-refractivity contribution in [2.24, 2.45) is 0 Å². The summed E-state index contributed by atoms with van der Waals surface area (Å²) in [6.07, 6.45) is 47.8. The van der Waals surface area contributed by atoms with E-state index in [1.807, 2.05) is 0 Å². The van der Waals surface area contributed by atoms with E-state index in [0.717, 1.165) is 70.6 Å². The summed E-state index contributed by atoms with van der Waals surface area (Å²) >= 11 is 0. The molecule has 0 spiro atoms. The highest BCUT2D eigenvalue weighted by Gasteiger charge is 2.14. The molecule has 270 valence electrons. The van der Waals surface area contributed by atoms with Crippen LogP contribution >= 0.6 is 0 Å². The van der Waals surface area contributed by atoms with E-state index in [-0.39, 0.29) is 18.5 Å². The first-order valence-corrected chi connectivity index (χ1v) is 20.3. The number of rotatable bonds is 37. The van der Waals surface area contributed by atoms with E-state index in [0.29, 0.717) is 6.42 Å². The molecule has 0 radical (unpaired) electrons. The van der Waals surface area contributed by atoms with Gasteiger partial charge in [0.05, 0.1) is 0 Å². The number of esters is 1. The fourth-order valence-electron chi connectivity index (χ4n) is 6.16. The van der Waals surface area contributed by atoms with Gasteiger partial charge >= 0.3 is 11.9 Å². The molecule has 0 aromatic carbocycles. The minimum absolute atomic E-state index is 0.000429. The van der Waals surface area contributed by atoms with Crippen molar-refractivity contribution in [1.82, 2.24) is 0 Å². The van der Waals surface area contributed by atoms with E-state index < -0.39 is 5.97 Å². The molecule has 0 heterocycles. The standard InChI is InChI=1S/C42H78O4/c1-3-5-7-9-11-12-13-14-15-16-17-18-19-20-21-22-23-24-26-31-35-39-42(45)46-40(36-32-28-25-10-8-6-4-2)37-33-29-27-30-34-38-41(43)44/h11-12,14-15,40H,3-10,13,16-39H2,1-2H3,(H,43,44)/b12-11-,15-14-. The highest BCUT2D eigenvalue weighted by molar-refractivity contribution is 5.69. The third-order valence-corrected chi connectivity index (χ3v) is 9.18. The highest BCUT2D eigenvalue weighted by atomic mass is 16.5. The Hall–Kier alpha value is -1.58. The van der Waals surface area contributed by atoms with Crippen molar-refractivity contribution in [1.29, 1.82) is 0 Å². The van der Waals surface area contributed by atoms with Gasteiger partial charge < -0.3 is 9.84 Å². The monoisotopic (exact) mass is 647 g/mol. The van der Waals surface area contributed by atoms with E-state index >= 15 is 0 Å². The second-order valence-electron chi connectivity index (χ2n) is 13.8. The van der Waals surface area contributed by atoms with Crippen LogP contribution in [0.3, 0.4) is 0 Å². The highest BCUT2D eigenvalue weighted by Crippen LogP contribution is 2.19. The summed E-state index contributed by atoms with van der Waals surface area (Å²) in [5, 5.41) is 8.79. The minimum atomic E-state index is -0.700. The molecule has 0 saturated carbocycles. The van der Waals surface area contributed by atoms with Crippen molar-refractivity contribution in [3.63, 3.8) is 0 Å². The van der Waals surface area contributed by atoms with Crippen LogP contribution in [0.2, 0.25) is 0 Å². The lowest BCUT2D eigenvalue weighted by Crippen LogP contribution is -2.18. The average Bonchev–Trinajstić information content (AvgIpc) is 3.04. The summed E-state index contributed by atoms with van der Waals surface area (Å²) in [5.74, 6) is -0.700. The van der Waals surface area contributed by atoms with Crippen LogP contribution in [0.25, 0.3) is 0 Å². The van der Waals surface area contributed by atoms with Crippen LogP contribution in [0, 0.1) is 0 Å². The molecular formula is C42H78O4. The molecule has 1 unspecified atom stereocenters. The van der Waals surface area contributed by atoms with Crippen LogP contribution in [0.1, 0.15) is 226 Å². The molecule has 0 aromatic heterocycles. The Kier molecular flexibility index (Phi) is 36.6. The Morgan fingerprint density at radius 2 is 0.848 bits per heavy atom. The Morgan fingerprint density at radius 3 is 1.33 bits per heavy atom. The van der Waals surface area contributed by atoms with E-state index in [2.05, 4.69) is 38.2 Å². The number of carbonyl (C=O) groups excluding carboxylic acids is 1. The molecule has 4 heteroatoms. The Bertz CT molecular complexity index is 698. The van der Waals surface area contributed by atoms with Crippen molar-refractivity contribution in [2.45, 2.75) is 232 Å². The van der Waals surface area contributed by atoms with Crippen molar-refractivity contribution < 1.29 is 19.4 Å². The molecule has 1 N–H and O–H groups in total. The first kappa shape index (κ1) is 44.4. The summed E-state index contributed by atoms with van der Waals surface area (Å²) in [5.41, 5.74) is 0. The predicted molar refractivity (Wildman–Crippen MR) is 200 cm³/mol. The predicted octanol–water partition coefficient (Wildman–Crippen LogP) is 14.0. The fraction of sp³-hybridized carbons (Fsp3) is 0.857. The number of carbonyl (C=O) groups is 2. The lowest BCUT2D eigenvalue weighted by atomic mass is 10.0. The first-order valence-electron chi connectivity index (χ1n) is 20.3. The number of unbranched alkanes of at least 4 members (excludes halogenated alkanes) is 24. The molecule has 4 nitrogen and oxygen atoms in total. The molecule has 0 amide bonds. The topological polar surface area (TPSA) is 63.6 Å². The largest absolute Gasteiger partial charge is 0.481 e. The molecule has 46 heavy (non-hydrogen) atoms. The molecule has 0 aliphatic carbocycles. The molecule has 0 aliphatic heterocycles. The SMILES string of the molecule is CCCCC/C=C\C/C=C\CCCCCCCCCCCCCC(=O)OC(CCCCCCCCC)CCCCCCCC(=O)O. The molecule has 0 saturated heterocycles. The third-order valence-electron chi connectivity index (χ3n) is 9.18. The van der Waals surface area contributed by atoms with Crippen molar-refractivity contribution >= 4 is 11.9 Å². The van der Waals surface area contributed by atoms with Gasteiger partial charge in [-0.2, -0.15) is 0 Å². The fourth-order valence-corrected chi connectivity index (χ4v) is 6.16. The van der Waals surface area contributed by atoms with Gasteiger partial charge in [-0.05, 0) is 70.6 Å². The quantitative estimate of drug-likeness (QED) is 0.0414. The molecule has 0 aromatic rings. The van der Waals surface area contributed by atoms with Crippen LogP contribution in [0.4, 0.5) is 0 Å². The van der Waals surface area contributed by atoms with Crippen molar-refractivity contribution in [3.05, 3.63) is 24.3 Å². The maximum atomic E-state index is 12.6. The van der Waals surface area contributed by atoms with Gasteiger partial charge in [0.15, 0.2) is 0 Å². The van der Waals surface area contributed by atoms with Gasteiger partial charge in [0.2, 0.25) is 0 Å². The van der Waals surface area contributed by atoms with Gasteiger partial charge in [-0.3, -0.25) is 9.59 Å². The Morgan fingerprint density at radius 1 is 0.478 bits per heavy atom. The zero-order chi connectivity index (χ0) is 33.6. The Labute approximate surface area is 287 Å². The summed E-state index contributed by atoms with van der Waals surface area (Å²) in [6.45, 7) is 4.51. The van der Waals surface area contributed by atoms with E-state index in [1.54, 1.807) is 0 Å². The number of carboxylic acids is 1. The Balaban J connectivity index is 3.81. The number of hydrogen-bond acceptors (Lipinski definition) is 3. The van der Waals surface area contributed by atoms with Gasteiger partial charge in [-0.15, -0.1) is 0 Å². The van der Waals surface area contributed by atoms with Gasteiger partial charge in [-0.25, -0.2) is 0 Å². The summed E-state index contributed by atoms with van der Waals surface area (Å²) in [6, 6.07) is 0. The van der Waals surface area contributed by atoms with Gasteiger partial charge in [0.1, 0.15) is 6.10 Å². The molecule has 0 bridgehead atoms.